The summed E-state index contributed by atoms with van der Waals surface area (Å²) >= 11 is 6.66. The highest BCUT2D eigenvalue weighted by atomic mass is 35.5. The van der Waals surface area contributed by atoms with Gasteiger partial charge in [-0.1, -0.05) is 35.9 Å². The monoisotopic (exact) mass is 709 g/mol. The number of nitrogens with zero attached hydrogens (tertiary/aromatic N) is 4. The Hall–Kier alpha value is -3.55. The van der Waals surface area contributed by atoms with E-state index in [0.29, 0.717) is 42.6 Å². The minimum absolute atomic E-state index is 0.00860. The first kappa shape index (κ1) is 36.2. The lowest BCUT2D eigenvalue weighted by molar-refractivity contribution is -0.160. The zero-order valence-corrected chi connectivity index (χ0v) is 30.1. The number of benzene rings is 2. The smallest absolute Gasteiger partial charge is 0.308 e. The van der Waals surface area contributed by atoms with Gasteiger partial charge < -0.3 is 29.2 Å². The van der Waals surface area contributed by atoms with E-state index in [4.69, 9.17) is 30.5 Å². The van der Waals surface area contributed by atoms with E-state index in [0.717, 1.165) is 55.0 Å². The standard InChI is InChI=1S/C37H48ClN5O7/c1-5-49-37(46)24-13-15-25(16-14-24)50-36(42-21-31(47-3)32(22-42)48-4)30-11-8-18-43(30)33(44)20-23-12-17-28(27(38)19-23)39-35(45)34-26-9-6-7-10-29(26)41(2)40-34/h6-7,9-10,12,17,19,24-25,30-32,36H,5,8,11,13-16,18,20-22H2,1-4H3,(H,39,45)/t24-,25-,30-,31-,32+,36?/m0/s1. The maximum Gasteiger partial charge on any atom is 0.308 e. The molecule has 3 fully saturated rings. The van der Waals surface area contributed by atoms with Gasteiger partial charge >= 0.3 is 5.97 Å². The Kier molecular flexibility index (Phi) is 11.7. The van der Waals surface area contributed by atoms with Gasteiger partial charge in [-0.3, -0.25) is 24.0 Å². The summed E-state index contributed by atoms with van der Waals surface area (Å²) in [5.74, 6) is -0.591. The number of aromatic nitrogens is 2. The number of aryl methyl sites for hydroxylation is 1. The number of carbonyl (C=O) groups is 3. The lowest BCUT2D eigenvalue weighted by Gasteiger charge is -2.40. The molecule has 270 valence electrons. The molecule has 1 N–H and O–H groups in total. The van der Waals surface area contributed by atoms with Crippen LogP contribution in [0.15, 0.2) is 42.5 Å². The van der Waals surface area contributed by atoms with E-state index >= 15 is 0 Å². The molecule has 3 aromatic rings. The fourth-order valence-electron chi connectivity index (χ4n) is 7.75. The molecule has 1 aromatic heterocycles. The van der Waals surface area contributed by atoms with E-state index in [-0.39, 0.29) is 60.7 Å². The van der Waals surface area contributed by atoms with Crippen molar-refractivity contribution in [1.82, 2.24) is 19.6 Å². The normalized spacial score (nSPS) is 24.8. The summed E-state index contributed by atoms with van der Waals surface area (Å²) in [5.41, 5.74) is 2.37. The molecule has 0 radical (unpaired) electrons. The number of fused-ring (bicyclic) bond motifs is 1. The predicted octanol–water partition coefficient (Wildman–Crippen LogP) is 4.82. The lowest BCUT2D eigenvalue weighted by atomic mass is 9.87. The second-order valence-corrected chi connectivity index (χ2v) is 13.9. The molecular weight excluding hydrogens is 662 g/mol. The Morgan fingerprint density at radius 2 is 1.72 bits per heavy atom. The largest absolute Gasteiger partial charge is 0.466 e. The van der Waals surface area contributed by atoms with Crippen molar-refractivity contribution in [3.8, 4) is 0 Å². The van der Waals surface area contributed by atoms with Gasteiger partial charge in [0.15, 0.2) is 5.69 Å². The Labute approximate surface area is 298 Å². The van der Waals surface area contributed by atoms with Crippen LogP contribution in [0.25, 0.3) is 10.9 Å². The number of methoxy groups -OCH3 is 2. The number of likely N-dealkylation sites (tertiary alicyclic amines) is 2. The van der Waals surface area contributed by atoms with Gasteiger partial charge in [0, 0.05) is 46.3 Å². The molecule has 50 heavy (non-hydrogen) atoms. The van der Waals surface area contributed by atoms with E-state index in [1.54, 1.807) is 38.1 Å². The van der Waals surface area contributed by atoms with Crippen LogP contribution in [0.1, 0.15) is 61.5 Å². The summed E-state index contributed by atoms with van der Waals surface area (Å²) < 4.78 is 25.4. The van der Waals surface area contributed by atoms with Crippen LogP contribution in [-0.2, 0) is 42.0 Å². The van der Waals surface area contributed by atoms with Crippen molar-refractivity contribution in [2.45, 2.75) is 82.5 Å². The molecule has 2 saturated heterocycles. The van der Waals surface area contributed by atoms with Crippen LogP contribution in [0.3, 0.4) is 0 Å². The number of esters is 1. The first-order valence-corrected chi connectivity index (χ1v) is 18.0. The third-order valence-corrected chi connectivity index (χ3v) is 10.7. The van der Waals surface area contributed by atoms with Gasteiger partial charge in [-0.25, -0.2) is 0 Å². The minimum atomic E-state index is -0.360. The second kappa shape index (κ2) is 16.2. The number of amides is 2. The third-order valence-electron chi connectivity index (χ3n) is 10.4. The summed E-state index contributed by atoms with van der Waals surface area (Å²) in [6, 6.07) is 12.7. The average Bonchev–Trinajstić information content (AvgIpc) is 3.86. The molecule has 2 amide bonds. The summed E-state index contributed by atoms with van der Waals surface area (Å²) in [6.45, 7) is 4.11. The van der Waals surface area contributed by atoms with E-state index in [1.165, 1.54) is 0 Å². The molecule has 1 unspecified atom stereocenters. The molecule has 3 aliphatic rings. The van der Waals surface area contributed by atoms with Crippen LogP contribution in [0, 0.1) is 5.92 Å². The predicted molar refractivity (Wildman–Crippen MR) is 189 cm³/mol. The van der Waals surface area contributed by atoms with E-state index in [1.807, 2.05) is 42.2 Å². The zero-order valence-electron chi connectivity index (χ0n) is 29.3. The number of hydrogen-bond acceptors (Lipinski definition) is 9. The number of anilines is 1. The van der Waals surface area contributed by atoms with Crippen LogP contribution in [0.2, 0.25) is 5.02 Å². The highest BCUT2D eigenvalue weighted by Crippen LogP contribution is 2.34. The Bertz CT molecular complexity index is 1660. The Morgan fingerprint density at radius 1 is 1.00 bits per heavy atom. The van der Waals surface area contributed by atoms with Gasteiger partial charge in [0.2, 0.25) is 5.91 Å². The van der Waals surface area contributed by atoms with Crippen molar-refractivity contribution in [3.05, 3.63) is 58.7 Å². The highest BCUT2D eigenvalue weighted by molar-refractivity contribution is 6.34. The van der Waals surface area contributed by atoms with E-state index < -0.39 is 0 Å². The lowest BCUT2D eigenvalue weighted by Crippen LogP contribution is -2.53. The highest BCUT2D eigenvalue weighted by Gasteiger charge is 2.45. The van der Waals surface area contributed by atoms with Gasteiger partial charge in [0.25, 0.3) is 5.91 Å². The molecule has 0 bridgehead atoms. The minimum Gasteiger partial charge on any atom is -0.466 e. The van der Waals surface area contributed by atoms with Crippen LogP contribution in [-0.4, -0.2) is 108 Å². The second-order valence-electron chi connectivity index (χ2n) is 13.5. The molecule has 1 aliphatic carbocycles. The first-order valence-electron chi connectivity index (χ1n) is 17.6. The summed E-state index contributed by atoms with van der Waals surface area (Å²) in [7, 11) is 5.19. The number of halogens is 1. The van der Waals surface area contributed by atoms with Crippen LogP contribution in [0.5, 0.6) is 0 Å². The number of para-hydroxylation sites is 1. The maximum atomic E-state index is 14.0. The molecule has 2 aliphatic heterocycles. The molecule has 4 atom stereocenters. The number of carbonyl (C=O) groups excluding carboxylic acids is 3. The van der Waals surface area contributed by atoms with Gasteiger partial charge in [-0.2, -0.15) is 5.10 Å². The fraction of sp³-hybridized carbons (Fsp3) is 0.568. The van der Waals surface area contributed by atoms with Gasteiger partial charge in [0.05, 0.1) is 59.5 Å². The van der Waals surface area contributed by atoms with Crippen LogP contribution >= 0.6 is 11.6 Å². The van der Waals surface area contributed by atoms with Crippen molar-refractivity contribution in [3.63, 3.8) is 0 Å². The van der Waals surface area contributed by atoms with Crippen molar-refractivity contribution in [2.75, 3.05) is 45.8 Å². The number of hydrogen-bond donors (Lipinski definition) is 1. The Balaban J connectivity index is 1.13. The molecule has 1 saturated carbocycles. The molecule has 6 rings (SSSR count). The van der Waals surface area contributed by atoms with Crippen molar-refractivity contribution < 1.29 is 33.3 Å². The number of nitrogens with one attached hydrogen (secondary N) is 1. The van der Waals surface area contributed by atoms with Gasteiger partial charge in [0.1, 0.15) is 6.23 Å². The molecule has 0 spiro atoms. The van der Waals surface area contributed by atoms with Crippen molar-refractivity contribution >= 4 is 46.0 Å². The first-order chi connectivity index (χ1) is 24.2. The number of rotatable bonds is 12. The molecule has 3 heterocycles. The van der Waals surface area contributed by atoms with Gasteiger partial charge in [-0.05, 0) is 69.2 Å². The van der Waals surface area contributed by atoms with Crippen LogP contribution < -0.4 is 5.32 Å². The summed E-state index contributed by atoms with van der Waals surface area (Å²) in [5, 5.41) is 8.38. The quantitative estimate of drug-likeness (QED) is 0.264. The average molecular weight is 710 g/mol. The van der Waals surface area contributed by atoms with Crippen molar-refractivity contribution in [2.24, 2.45) is 13.0 Å². The topological polar surface area (TPSA) is 124 Å². The fourth-order valence-corrected chi connectivity index (χ4v) is 8.00. The van der Waals surface area contributed by atoms with Crippen molar-refractivity contribution in [1.29, 1.82) is 0 Å². The number of ether oxygens (including phenoxy) is 4. The molecule has 2 aromatic carbocycles. The zero-order chi connectivity index (χ0) is 35.4. The van der Waals surface area contributed by atoms with E-state index in [2.05, 4.69) is 15.3 Å². The third kappa shape index (κ3) is 7.84. The van der Waals surface area contributed by atoms with Gasteiger partial charge in [-0.15, -0.1) is 0 Å². The molecular formula is C37H48ClN5O7. The summed E-state index contributed by atoms with van der Waals surface area (Å²) in [6.07, 6.45) is 4.23. The molecule has 12 nitrogen and oxygen atoms in total. The summed E-state index contributed by atoms with van der Waals surface area (Å²) in [4.78, 5) is 43.7. The Morgan fingerprint density at radius 3 is 2.40 bits per heavy atom. The molecule has 13 heteroatoms. The van der Waals surface area contributed by atoms with Crippen LogP contribution in [0.4, 0.5) is 5.69 Å². The SMILES string of the molecule is CCOC(=O)[C@H]1CC[C@H](OC([C@@H]2CCCN2C(=O)Cc2ccc(NC(=O)c3nn(C)c4ccccc34)c(Cl)c2)N2C[C@H](OC)[C@H](OC)C2)CC1. The van der Waals surface area contributed by atoms with E-state index in [9.17, 15) is 14.4 Å². The maximum absolute atomic E-state index is 14.0.